The van der Waals surface area contributed by atoms with E-state index in [1.165, 1.54) is 38.4 Å². The standard InChI is InChI=1S/C26H24N2O/c29-24-16-20-9-3-6-12-23(20)26(24)28-14-13-27(17-28)25-21-10-4-1-7-18(21)15-19-8-2-5-11-22(19)25/h1-12,15,24,26,29H,13-14,16-17H2/t24-,26-/m0/s1. The van der Waals surface area contributed by atoms with Gasteiger partial charge in [0.15, 0.2) is 0 Å². The van der Waals surface area contributed by atoms with Crippen LogP contribution in [0.25, 0.3) is 21.5 Å². The van der Waals surface area contributed by atoms with Gasteiger partial charge >= 0.3 is 0 Å². The first kappa shape index (κ1) is 17.0. The maximum atomic E-state index is 10.8. The van der Waals surface area contributed by atoms with Crippen LogP contribution in [0.2, 0.25) is 0 Å². The Morgan fingerprint density at radius 2 is 1.41 bits per heavy atom. The molecule has 0 unspecified atom stereocenters. The third-order valence-corrected chi connectivity index (χ3v) is 6.63. The summed E-state index contributed by atoms with van der Waals surface area (Å²) < 4.78 is 0. The Morgan fingerprint density at radius 1 is 0.759 bits per heavy atom. The van der Waals surface area contributed by atoms with Crippen LogP contribution in [0.3, 0.4) is 0 Å². The quantitative estimate of drug-likeness (QED) is 0.509. The first-order valence-corrected chi connectivity index (χ1v) is 10.4. The highest BCUT2D eigenvalue weighted by atomic mass is 16.3. The van der Waals surface area contributed by atoms with Crippen LogP contribution in [0.1, 0.15) is 17.2 Å². The van der Waals surface area contributed by atoms with Crippen molar-refractivity contribution < 1.29 is 5.11 Å². The maximum absolute atomic E-state index is 10.8. The van der Waals surface area contributed by atoms with Crippen molar-refractivity contribution in [3.63, 3.8) is 0 Å². The molecule has 2 aliphatic rings. The second-order valence-electron chi connectivity index (χ2n) is 8.30. The highest BCUT2D eigenvalue weighted by Crippen LogP contribution is 2.40. The molecule has 1 N–H and O–H groups in total. The van der Waals surface area contributed by atoms with Crippen molar-refractivity contribution >= 4 is 27.2 Å². The van der Waals surface area contributed by atoms with Crippen LogP contribution in [0.15, 0.2) is 78.9 Å². The van der Waals surface area contributed by atoms with Gasteiger partial charge in [0, 0.05) is 30.3 Å². The molecule has 4 aromatic rings. The van der Waals surface area contributed by atoms with Crippen LogP contribution in [0, 0.1) is 0 Å². The molecule has 0 aromatic heterocycles. The number of benzene rings is 4. The second-order valence-corrected chi connectivity index (χ2v) is 8.30. The molecule has 1 heterocycles. The second kappa shape index (κ2) is 6.58. The molecule has 144 valence electrons. The molecule has 1 fully saturated rings. The fourth-order valence-electron chi connectivity index (χ4n) is 5.34. The third-order valence-electron chi connectivity index (χ3n) is 6.63. The van der Waals surface area contributed by atoms with E-state index in [1.54, 1.807) is 0 Å². The van der Waals surface area contributed by atoms with E-state index in [0.717, 1.165) is 26.2 Å². The summed E-state index contributed by atoms with van der Waals surface area (Å²) in [4.78, 5) is 4.95. The van der Waals surface area contributed by atoms with Crippen molar-refractivity contribution in [3.8, 4) is 0 Å². The van der Waals surface area contributed by atoms with Gasteiger partial charge < -0.3 is 10.0 Å². The topological polar surface area (TPSA) is 26.7 Å². The molecule has 1 aliphatic heterocycles. The number of rotatable bonds is 2. The molecule has 3 nitrogen and oxygen atoms in total. The molecular weight excluding hydrogens is 356 g/mol. The number of hydrogen-bond donors (Lipinski definition) is 1. The molecule has 0 bridgehead atoms. The van der Waals surface area contributed by atoms with E-state index in [0.29, 0.717) is 0 Å². The molecule has 6 rings (SSSR count). The van der Waals surface area contributed by atoms with Crippen LogP contribution in [-0.2, 0) is 6.42 Å². The van der Waals surface area contributed by atoms with Gasteiger partial charge in [0.1, 0.15) is 0 Å². The zero-order chi connectivity index (χ0) is 19.4. The van der Waals surface area contributed by atoms with Crippen molar-refractivity contribution in [3.05, 3.63) is 90.0 Å². The number of hydrogen-bond acceptors (Lipinski definition) is 3. The van der Waals surface area contributed by atoms with Gasteiger partial charge in [0.2, 0.25) is 0 Å². The molecule has 0 saturated carbocycles. The zero-order valence-electron chi connectivity index (χ0n) is 16.3. The number of fused-ring (bicyclic) bond motifs is 3. The van der Waals surface area contributed by atoms with E-state index < -0.39 is 0 Å². The number of nitrogens with zero attached hydrogens (tertiary/aromatic N) is 2. The van der Waals surface area contributed by atoms with Gasteiger partial charge in [-0.1, -0.05) is 72.8 Å². The fraction of sp³-hybridized carbons (Fsp3) is 0.231. The molecule has 1 saturated heterocycles. The Hall–Kier alpha value is -2.88. The number of aliphatic hydroxyl groups is 1. The fourth-order valence-corrected chi connectivity index (χ4v) is 5.34. The molecular formula is C26H24N2O. The summed E-state index contributed by atoms with van der Waals surface area (Å²) in [6.07, 6.45) is 0.436. The summed E-state index contributed by atoms with van der Waals surface area (Å²) in [6, 6.07) is 28.3. The summed E-state index contributed by atoms with van der Waals surface area (Å²) in [5, 5.41) is 16.0. The SMILES string of the molecule is O[C@H]1Cc2ccccc2[C@@H]1N1CCN(c2c3ccccc3cc3ccccc23)C1. The first-order chi connectivity index (χ1) is 14.3. The summed E-state index contributed by atoms with van der Waals surface area (Å²) in [5.74, 6) is 0. The maximum Gasteiger partial charge on any atom is 0.0778 e. The van der Waals surface area contributed by atoms with Gasteiger partial charge in [-0.2, -0.15) is 0 Å². The molecule has 0 radical (unpaired) electrons. The minimum absolute atomic E-state index is 0.0949. The third kappa shape index (κ3) is 2.65. The highest BCUT2D eigenvalue weighted by Gasteiger charge is 2.38. The van der Waals surface area contributed by atoms with E-state index in [1.807, 2.05) is 0 Å². The average molecular weight is 380 g/mol. The molecule has 2 atom stereocenters. The van der Waals surface area contributed by atoms with Crippen LogP contribution in [0.5, 0.6) is 0 Å². The van der Waals surface area contributed by atoms with Crippen LogP contribution < -0.4 is 4.90 Å². The molecule has 1 aliphatic carbocycles. The summed E-state index contributed by atoms with van der Waals surface area (Å²) in [6.45, 7) is 2.78. The minimum atomic E-state index is -0.323. The Bertz CT molecular complexity index is 1160. The molecule has 0 amide bonds. The van der Waals surface area contributed by atoms with E-state index in [-0.39, 0.29) is 12.1 Å². The van der Waals surface area contributed by atoms with Gasteiger partial charge in [0.25, 0.3) is 0 Å². The lowest BCUT2D eigenvalue weighted by Crippen LogP contribution is -2.34. The average Bonchev–Trinajstić information content (AvgIpc) is 3.35. The van der Waals surface area contributed by atoms with Crippen molar-refractivity contribution in [1.82, 2.24) is 4.90 Å². The predicted octanol–water partition coefficient (Wildman–Crippen LogP) is 4.73. The smallest absolute Gasteiger partial charge is 0.0778 e. The molecule has 29 heavy (non-hydrogen) atoms. The van der Waals surface area contributed by atoms with Crippen molar-refractivity contribution in [2.24, 2.45) is 0 Å². The van der Waals surface area contributed by atoms with Crippen LogP contribution >= 0.6 is 0 Å². The summed E-state index contributed by atoms with van der Waals surface area (Å²) >= 11 is 0. The monoisotopic (exact) mass is 380 g/mol. The lowest BCUT2D eigenvalue weighted by molar-refractivity contribution is 0.0760. The largest absolute Gasteiger partial charge is 0.391 e. The first-order valence-electron chi connectivity index (χ1n) is 10.4. The van der Waals surface area contributed by atoms with Crippen molar-refractivity contribution in [1.29, 1.82) is 0 Å². The number of anilines is 1. The highest BCUT2D eigenvalue weighted by molar-refractivity contribution is 6.11. The van der Waals surface area contributed by atoms with Gasteiger partial charge in [-0.25, -0.2) is 0 Å². The Labute approximate surface area is 170 Å². The Kier molecular flexibility index (Phi) is 3.86. The number of aliphatic hydroxyl groups excluding tert-OH is 1. The lowest BCUT2D eigenvalue weighted by atomic mass is 10.0. The Balaban J connectivity index is 1.42. The van der Waals surface area contributed by atoms with Crippen molar-refractivity contribution in [2.75, 3.05) is 24.7 Å². The predicted molar refractivity (Wildman–Crippen MR) is 119 cm³/mol. The Morgan fingerprint density at radius 3 is 2.17 bits per heavy atom. The van der Waals surface area contributed by atoms with E-state index in [2.05, 4.69) is 88.7 Å². The molecule has 4 aromatic carbocycles. The zero-order valence-corrected chi connectivity index (χ0v) is 16.3. The lowest BCUT2D eigenvalue weighted by Gasteiger charge is -2.29. The summed E-state index contributed by atoms with van der Waals surface area (Å²) in [7, 11) is 0. The normalized spacial score (nSPS) is 21.9. The minimum Gasteiger partial charge on any atom is -0.391 e. The van der Waals surface area contributed by atoms with E-state index >= 15 is 0 Å². The van der Waals surface area contributed by atoms with E-state index in [4.69, 9.17) is 0 Å². The van der Waals surface area contributed by atoms with Gasteiger partial charge in [-0.3, -0.25) is 4.90 Å². The van der Waals surface area contributed by atoms with Gasteiger partial charge in [-0.05, 0) is 28.0 Å². The van der Waals surface area contributed by atoms with Crippen LogP contribution in [0.4, 0.5) is 5.69 Å². The molecule has 3 heteroatoms. The summed E-state index contributed by atoms with van der Waals surface area (Å²) in [5.41, 5.74) is 3.91. The molecule has 0 spiro atoms. The van der Waals surface area contributed by atoms with E-state index in [9.17, 15) is 5.11 Å². The van der Waals surface area contributed by atoms with Crippen molar-refractivity contribution in [2.45, 2.75) is 18.6 Å². The van der Waals surface area contributed by atoms with Crippen LogP contribution in [-0.4, -0.2) is 35.9 Å². The van der Waals surface area contributed by atoms with Gasteiger partial charge in [-0.15, -0.1) is 0 Å². The van der Waals surface area contributed by atoms with Gasteiger partial charge in [0.05, 0.1) is 24.5 Å².